The van der Waals surface area contributed by atoms with Crippen LogP contribution in [-0.2, 0) is 9.59 Å². The summed E-state index contributed by atoms with van der Waals surface area (Å²) in [6.45, 7) is 5.20. The molecule has 4 heteroatoms. The van der Waals surface area contributed by atoms with Crippen LogP contribution < -0.4 is 5.32 Å². The van der Waals surface area contributed by atoms with Gasteiger partial charge in [0.25, 0.3) is 0 Å². The second-order valence-corrected chi connectivity index (χ2v) is 4.85. The van der Waals surface area contributed by atoms with E-state index in [9.17, 15) is 14.7 Å². The molecular formula is C15H21NO3. The average molecular weight is 263 g/mol. The van der Waals surface area contributed by atoms with Crippen molar-refractivity contribution in [2.75, 3.05) is 0 Å². The molecule has 2 unspecified atom stereocenters. The molecule has 0 spiro atoms. The Morgan fingerprint density at radius 1 is 1.26 bits per heavy atom. The fourth-order valence-corrected chi connectivity index (χ4v) is 1.91. The molecule has 2 N–H and O–H groups in total. The van der Waals surface area contributed by atoms with Gasteiger partial charge >= 0.3 is 5.97 Å². The molecule has 0 saturated carbocycles. The minimum atomic E-state index is -1.21. The normalized spacial score (nSPS) is 15.3. The largest absolute Gasteiger partial charge is 0.480 e. The molecule has 0 bridgehead atoms. The van der Waals surface area contributed by atoms with E-state index in [1.807, 2.05) is 37.3 Å². The van der Waals surface area contributed by atoms with Crippen LogP contribution in [0.5, 0.6) is 0 Å². The fourth-order valence-electron chi connectivity index (χ4n) is 1.91. The van der Waals surface area contributed by atoms with Crippen LogP contribution in [0.3, 0.4) is 0 Å². The van der Waals surface area contributed by atoms with E-state index in [1.165, 1.54) is 6.92 Å². The highest BCUT2D eigenvalue weighted by atomic mass is 16.4. The Morgan fingerprint density at radius 2 is 1.84 bits per heavy atom. The highest BCUT2D eigenvalue weighted by molar-refractivity contribution is 5.90. The molecule has 1 aromatic carbocycles. The quantitative estimate of drug-likeness (QED) is 0.829. The summed E-state index contributed by atoms with van der Waals surface area (Å²) in [5, 5.41) is 11.8. The number of carbonyl (C=O) groups excluding carboxylic acids is 1. The van der Waals surface area contributed by atoms with Gasteiger partial charge < -0.3 is 10.4 Å². The Bertz CT molecular complexity index is 444. The van der Waals surface area contributed by atoms with Crippen LogP contribution in [0.4, 0.5) is 0 Å². The van der Waals surface area contributed by atoms with Crippen LogP contribution in [0, 0.1) is 0 Å². The Labute approximate surface area is 113 Å². The Hall–Kier alpha value is -1.84. The van der Waals surface area contributed by atoms with Gasteiger partial charge in [0.1, 0.15) is 5.54 Å². The molecule has 1 amide bonds. The molecule has 0 fully saturated rings. The lowest BCUT2D eigenvalue weighted by atomic mass is 9.92. The maximum Gasteiger partial charge on any atom is 0.329 e. The van der Waals surface area contributed by atoms with Gasteiger partial charge in [0.05, 0.1) is 5.92 Å². The number of benzene rings is 1. The zero-order valence-corrected chi connectivity index (χ0v) is 11.6. The molecule has 0 aliphatic carbocycles. The summed E-state index contributed by atoms with van der Waals surface area (Å²) in [4.78, 5) is 23.5. The van der Waals surface area contributed by atoms with E-state index >= 15 is 0 Å². The molecule has 104 valence electrons. The second kappa shape index (κ2) is 6.36. The number of rotatable bonds is 6. The molecular weight excluding hydrogens is 242 g/mol. The first-order chi connectivity index (χ1) is 8.94. The number of carboxylic acid groups (broad SMARTS) is 1. The first kappa shape index (κ1) is 15.2. The number of hydrogen-bond donors (Lipinski definition) is 2. The lowest BCUT2D eigenvalue weighted by Gasteiger charge is -2.27. The van der Waals surface area contributed by atoms with Gasteiger partial charge in [-0.3, -0.25) is 4.79 Å². The van der Waals surface area contributed by atoms with Crippen molar-refractivity contribution in [3.63, 3.8) is 0 Å². The first-order valence-corrected chi connectivity index (χ1v) is 6.55. The van der Waals surface area contributed by atoms with Crippen molar-refractivity contribution >= 4 is 11.9 Å². The molecule has 0 heterocycles. The third kappa shape index (κ3) is 3.56. The van der Waals surface area contributed by atoms with E-state index < -0.39 is 11.5 Å². The van der Waals surface area contributed by atoms with Crippen LogP contribution in [0.2, 0.25) is 0 Å². The van der Waals surface area contributed by atoms with E-state index in [4.69, 9.17) is 0 Å². The van der Waals surface area contributed by atoms with Crippen LogP contribution in [0.15, 0.2) is 30.3 Å². The van der Waals surface area contributed by atoms with Crippen LogP contribution in [0.25, 0.3) is 0 Å². The third-order valence-electron chi connectivity index (χ3n) is 3.50. The van der Waals surface area contributed by atoms with E-state index in [0.717, 1.165) is 5.56 Å². The molecule has 2 atom stereocenters. The zero-order chi connectivity index (χ0) is 14.5. The van der Waals surface area contributed by atoms with Crippen molar-refractivity contribution in [3.8, 4) is 0 Å². The summed E-state index contributed by atoms with van der Waals surface area (Å²) >= 11 is 0. The van der Waals surface area contributed by atoms with Crippen molar-refractivity contribution in [2.24, 2.45) is 0 Å². The molecule has 19 heavy (non-hydrogen) atoms. The van der Waals surface area contributed by atoms with Gasteiger partial charge in [-0.05, 0) is 25.3 Å². The Kier molecular flexibility index (Phi) is 5.10. The molecule has 4 nitrogen and oxygen atoms in total. The summed E-state index contributed by atoms with van der Waals surface area (Å²) in [7, 11) is 0. The lowest BCUT2D eigenvalue weighted by molar-refractivity contribution is -0.147. The summed E-state index contributed by atoms with van der Waals surface area (Å²) in [6, 6.07) is 9.42. The SMILES string of the molecule is CCC(C(=O)NC(C)(CC)C(=O)O)c1ccccc1. The molecule has 1 rings (SSSR count). The monoisotopic (exact) mass is 263 g/mol. The predicted octanol–water partition coefficient (Wildman–Crippen LogP) is 2.55. The second-order valence-electron chi connectivity index (χ2n) is 4.85. The molecule has 0 aromatic heterocycles. The Balaban J connectivity index is 2.89. The molecule has 0 aliphatic heterocycles. The third-order valence-corrected chi connectivity index (χ3v) is 3.50. The van der Waals surface area contributed by atoms with Gasteiger partial charge in [0.15, 0.2) is 0 Å². The molecule has 0 radical (unpaired) electrons. The minimum absolute atomic E-state index is 0.236. The van der Waals surface area contributed by atoms with Gasteiger partial charge in [-0.1, -0.05) is 44.2 Å². The smallest absolute Gasteiger partial charge is 0.329 e. The number of hydrogen-bond acceptors (Lipinski definition) is 2. The van der Waals surface area contributed by atoms with Gasteiger partial charge in [0.2, 0.25) is 5.91 Å². The number of nitrogens with one attached hydrogen (secondary N) is 1. The highest BCUT2D eigenvalue weighted by Crippen LogP contribution is 2.21. The summed E-state index contributed by atoms with van der Waals surface area (Å²) in [6.07, 6.45) is 0.981. The average Bonchev–Trinajstić information content (AvgIpc) is 2.40. The summed E-state index contributed by atoms with van der Waals surface area (Å²) in [5.41, 5.74) is -0.300. The van der Waals surface area contributed by atoms with Gasteiger partial charge in [0, 0.05) is 0 Å². The van der Waals surface area contributed by atoms with E-state index in [-0.39, 0.29) is 11.8 Å². The van der Waals surface area contributed by atoms with Gasteiger partial charge in [-0.25, -0.2) is 4.79 Å². The molecule has 0 aliphatic rings. The van der Waals surface area contributed by atoms with Crippen LogP contribution in [0.1, 0.15) is 45.1 Å². The number of carboxylic acids is 1. The van der Waals surface area contributed by atoms with Crippen molar-refractivity contribution in [2.45, 2.75) is 45.1 Å². The number of amides is 1. The predicted molar refractivity (Wildman–Crippen MR) is 73.9 cm³/mol. The number of carbonyl (C=O) groups is 2. The van der Waals surface area contributed by atoms with Crippen molar-refractivity contribution in [1.82, 2.24) is 5.32 Å². The standard InChI is InChI=1S/C15H21NO3/c1-4-12(11-9-7-6-8-10-11)13(17)16-15(3,5-2)14(18)19/h6-10,12H,4-5H2,1-3H3,(H,16,17)(H,18,19). The lowest BCUT2D eigenvalue weighted by Crippen LogP contribution is -2.53. The van der Waals surface area contributed by atoms with E-state index in [0.29, 0.717) is 12.8 Å². The zero-order valence-electron chi connectivity index (χ0n) is 11.6. The maximum atomic E-state index is 12.3. The van der Waals surface area contributed by atoms with Gasteiger partial charge in [-0.2, -0.15) is 0 Å². The first-order valence-electron chi connectivity index (χ1n) is 6.55. The Morgan fingerprint density at radius 3 is 2.26 bits per heavy atom. The summed E-state index contributed by atoms with van der Waals surface area (Å²) < 4.78 is 0. The molecule has 0 saturated heterocycles. The minimum Gasteiger partial charge on any atom is -0.480 e. The van der Waals surface area contributed by atoms with Gasteiger partial charge in [-0.15, -0.1) is 0 Å². The highest BCUT2D eigenvalue weighted by Gasteiger charge is 2.34. The maximum absolute atomic E-state index is 12.3. The fraction of sp³-hybridized carbons (Fsp3) is 0.467. The van der Waals surface area contributed by atoms with E-state index in [2.05, 4.69) is 5.32 Å². The van der Waals surface area contributed by atoms with Crippen LogP contribution >= 0.6 is 0 Å². The van der Waals surface area contributed by atoms with Crippen molar-refractivity contribution in [1.29, 1.82) is 0 Å². The van der Waals surface area contributed by atoms with Crippen molar-refractivity contribution < 1.29 is 14.7 Å². The van der Waals surface area contributed by atoms with Crippen LogP contribution in [-0.4, -0.2) is 22.5 Å². The van der Waals surface area contributed by atoms with Crippen molar-refractivity contribution in [3.05, 3.63) is 35.9 Å². The molecule has 1 aromatic rings. The van der Waals surface area contributed by atoms with E-state index in [1.54, 1.807) is 6.92 Å². The summed E-state index contributed by atoms with van der Waals surface area (Å²) in [5.74, 6) is -1.56. The topological polar surface area (TPSA) is 66.4 Å². The number of aliphatic carboxylic acids is 1.